The highest BCUT2D eigenvalue weighted by atomic mass is 32.2. The summed E-state index contributed by atoms with van der Waals surface area (Å²) in [5, 5.41) is 0. The highest BCUT2D eigenvalue weighted by molar-refractivity contribution is 7.89. The molecular formula is C18H29NO4S. The number of hydrogen-bond acceptors (Lipinski definition) is 4. The van der Waals surface area contributed by atoms with Crippen LogP contribution in [-0.4, -0.2) is 26.5 Å². The Balaban J connectivity index is 2.54. The van der Waals surface area contributed by atoms with Gasteiger partial charge in [-0.25, -0.2) is 13.1 Å². The van der Waals surface area contributed by atoms with E-state index in [1.54, 1.807) is 32.9 Å². The second-order valence-corrected chi connectivity index (χ2v) is 9.63. The van der Waals surface area contributed by atoms with Crippen LogP contribution in [-0.2, 0) is 25.0 Å². The summed E-state index contributed by atoms with van der Waals surface area (Å²) in [6, 6.07) is 6.87. The molecule has 0 aliphatic heterocycles. The lowest BCUT2D eigenvalue weighted by Crippen LogP contribution is -2.27. The first-order valence-corrected chi connectivity index (χ1v) is 9.62. The zero-order valence-electron chi connectivity index (χ0n) is 15.5. The second-order valence-electron chi connectivity index (χ2n) is 7.86. The molecule has 0 aliphatic rings. The number of carbonyl (C=O) groups is 1. The van der Waals surface area contributed by atoms with Crippen LogP contribution in [0, 0.1) is 0 Å². The van der Waals surface area contributed by atoms with Crippen molar-refractivity contribution in [2.24, 2.45) is 0 Å². The minimum Gasteiger partial charge on any atom is -0.460 e. The first kappa shape index (κ1) is 20.6. The van der Waals surface area contributed by atoms with E-state index in [1.807, 2.05) is 12.1 Å². The van der Waals surface area contributed by atoms with Crippen molar-refractivity contribution in [3.63, 3.8) is 0 Å². The predicted molar refractivity (Wildman–Crippen MR) is 95.4 cm³/mol. The summed E-state index contributed by atoms with van der Waals surface area (Å²) in [6.45, 7) is 11.8. The summed E-state index contributed by atoms with van der Waals surface area (Å²) >= 11 is 0. The Hall–Kier alpha value is -1.40. The fraction of sp³-hybridized carbons (Fsp3) is 0.611. The van der Waals surface area contributed by atoms with E-state index in [0.29, 0.717) is 6.42 Å². The zero-order chi connectivity index (χ0) is 18.6. The Morgan fingerprint density at radius 3 is 2.04 bits per heavy atom. The maximum Gasteiger partial charge on any atom is 0.306 e. The van der Waals surface area contributed by atoms with Gasteiger partial charge in [0.25, 0.3) is 0 Å². The van der Waals surface area contributed by atoms with E-state index in [0.717, 1.165) is 5.56 Å². The molecule has 0 aliphatic carbocycles. The van der Waals surface area contributed by atoms with E-state index < -0.39 is 15.6 Å². The molecule has 1 aromatic carbocycles. The third-order valence-electron chi connectivity index (χ3n) is 3.30. The molecule has 24 heavy (non-hydrogen) atoms. The van der Waals surface area contributed by atoms with Crippen LogP contribution in [0.1, 0.15) is 59.9 Å². The molecule has 0 saturated heterocycles. The van der Waals surface area contributed by atoms with Gasteiger partial charge in [0.1, 0.15) is 5.60 Å². The fourth-order valence-electron chi connectivity index (χ4n) is 2.05. The van der Waals surface area contributed by atoms with Crippen LogP contribution in [0.25, 0.3) is 0 Å². The monoisotopic (exact) mass is 355 g/mol. The van der Waals surface area contributed by atoms with Crippen molar-refractivity contribution in [2.75, 3.05) is 6.54 Å². The summed E-state index contributed by atoms with van der Waals surface area (Å²) in [5.74, 6) is -0.323. The summed E-state index contributed by atoms with van der Waals surface area (Å²) in [5.41, 5.74) is 0.528. The molecule has 0 fully saturated rings. The van der Waals surface area contributed by atoms with E-state index >= 15 is 0 Å². The van der Waals surface area contributed by atoms with Gasteiger partial charge in [-0.15, -0.1) is 0 Å². The van der Waals surface area contributed by atoms with Crippen LogP contribution in [0.3, 0.4) is 0 Å². The van der Waals surface area contributed by atoms with Crippen molar-refractivity contribution in [3.05, 3.63) is 29.8 Å². The van der Waals surface area contributed by atoms with E-state index in [-0.39, 0.29) is 29.2 Å². The van der Waals surface area contributed by atoms with Crippen LogP contribution in [0.4, 0.5) is 0 Å². The fourth-order valence-corrected chi connectivity index (χ4v) is 3.12. The van der Waals surface area contributed by atoms with Gasteiger partial charge in [0.05, 0.1) is 4.90 Å². The molecule has 0 atom stereocenters. The molecule has 1 rings (SSSR count). The van der Waals surface area contributed by atoms with Crippen molar-refractivity contribution in [3.8, 4) is 0 Å². The molecule has 0 bridgehead atoms. The number of ether oxygens (including phenoxy) is 1. The number of hydrogen-bond donors (Lipinski definition) is 1. The van der Waals surface area contributed by atoms with Gasteiger partial charge in [-0.3, -0.25) is 4.79 Å². The summed E-state index contributed by atoms with van der Waals surface area (Å²) in [7, 11) is -3.56. The molecule has 0 radical (unpaired) electrons. The lowest BCUT2D eigenvalue weighted by Gasteiger charge is -2.19. The molecule has 0 heterocycles. The molecule has 0 spiro atoms. The molecular weight excluding hydrogens is 326 g/mol. The van der Waals surface area contributed by atoms with E-state index in [9.17, 15) is 13.2 Å². The first-order chi connectivity index (χ1) is 10.8. The second kappa shape index (κ2) is 7.66. The minimum atomic E-state index is -3.56. The Bertz CT molecular complexity index is 650. The largest absolute Gasteiger partial charge is 0.460 e. The van der Waals surface area contributed by atoms with Gasteiger partial charge in [-0.2, -0.15) is 0 Å². The molecule has 0 amide bonds. The van der Waals surface area contributed by atoms with Gasteiger partial charge < -0.3 is 4.74 Å². The number of nitrogens with one attached hydrogen (secondary N) is 1. The number of sulfonamides is 1. The van der Waals surface area contributed by atoms with Crippen LogP contribution in [0.5, 0.6) is 0 Å². The normalized spacial score (nSPS) is 12.9. The lowest BCUT2D eigenvalue weighted by atomic mass is 9.87. The SMILES string of the molecule is CC(C)(C)OC(=O)CCCNS(=O)(=O)c1ccc(C(C)(C)C)cc1. The number of benzene rings is 1. The Morgan fingerprint density at radius 2 is 1.58 bits per heavy atom. The molecule has 136 valence electrons. The quantitative estimate of drug-likeness (QED) is 0.627. The highest BCUT2D eigenvalue weighted by Gasteiger charge is 2.18. The molecule has 0 aromatic heterocycles. The third kappa shape index (κ3) is 7.01. The van der Waals surface area contributed by atoms with Crippen molar-refractivity contribution in [1.82, 2.24) is 4.72 Å². The standard InChI is InChI=1S/C18H29NO4S/c1-17(2,3)14-9-11-15(12-10-14)24(21,22)19-13-7-8-16(20)23-18(4,5)6/h9-12,19H,7-8,13H2,1-6H3. The van der Waals surface area contributed by atoms with E-state index in [2.05, 4.69) is 25.5 Å². The average molecular weight is 356 g/mol. The van der Waals surface area contributed by atoms with E-state index in [1.165, 1.54) is 0 Å². The maximum atomic E-state index is 12.2. The van der Waals surface area contributed by atoms with Crippen molar-refractivity contribution in [2.45, 2.75) is 70.3 Å². The average Bonchev–Trinajstić information content (AvgIpc) is 2.41. The lowest BCUT2D eigenvalue weighted by molar-refractivity contribution is -0.154. The van der Waals surface area contributed by atoms with Gasteiger partial charge in [0.2, 0.25) is 10.0 Å². The van der Waals surface area contributed by atoms with Crippen molar-refractivity contribution in [1.29, 1.82) is 0 Å². The Labute approximate surface area is 145 Å². The van der Waals surface area contributed by atoms with Crippen molar-refractivity contribution < 1.29 is 17.9 Å². The summed E-state index contributed by atoms with van der Waals surface area (Å²) < 4.78 is 32.2. The van der Waals surface area contributed by atoms with Gasteiger partial charge in [0.15, 0.2) is 0 Å². The minimum absolute atomic E-state index is 0.0247. The van der Waals surface area contributed by atoms with Crippen LogP contribution in [0.2, 0.25) is 0 Å². The molecule has 6 heteroatoms. The number of rotatable bonds is 6. The first-order valence-electron chi connectivity index (χ1n) is 8.13. The number of esters is 1. The van der Waals surface area contributed by atoms with Crippen molar-refractivity contribution >= 4 is 16.0 Å². The summed E-state index contributed by atoms with van der Waals surface area (Å²) in [4.78, 5) is 11.8. The van der Waals surface area contributed by atoms with Gasteiger partial charge in [0, 0.05) is 13.0 Å². The van der Waals surface area contributed by atoms with Crippen LogP contribution < -0.4 is 4.72 Å². The molecule has 5 nitrogen and oxygen atoms in total. The van der Waals surface area contributed by atoms with Crippen LogP contribution in [0.15, 0.2) is 29.2 Å². The Kier molecular flexibility index (Phi) is 6.59. The highest BCUT2D eigenvalue weighted by Crippen LogP contribution is 2.23. The molecule has 0 unspecified atom stereocenters. The topological polar surface area (TPSA) is 72.5 Å². The van der Waals surface area contributed by atoms with Gasteiger partial charge in [-0.1, -0.05) is 32.9 Å². The van der Waals surface area contributed by atoms with Gasteiger partial charge in [-0.05, 0) is 50.3 Å². The summed E-state index contributed by atoms with van der Waals surface area (Å²) in [6.07, 6.45) is 0.580. The zero-order valence-corrected chi connectivity index (χ0v) is 16.3. The molecule has 0 saturated carbocycles. The maximum absolute atomic E-state index is 12.2. The predicted octanol–water partition coefficient (Wildman–Crippen LogP) is 3.38. The third-order valence-corrected chi connectivity index (χ3v) is 4.78. The number of carbonyl (C=O) groups excluding carboxylic acids is 1. The molecule has 1 aromatic rings. The van der Waals surface area contributed by atoms with Gasteiger partial charge >= 0.3 is 5.97 Å². The smallest absolute Gasteiger partial charge is 0.306 e. The molecule has 1 N–H and O–H groups in total. The van der Waals surface area contributed by atoms with E-state index in [4.69, 9.17) is 4.74 Å². The Morgan fingerprint density at radius 1 is 1.04 bits per heavy atom. The van der Waals surface area contributed by atoms with Crippen LogP contribution >= 0.6 is 0 Å².